The third-order valence-electron chi connectivity index (χ3n) is 3.01. The zero-order valence-electron chi connectivity index (χ0n) is 9.08. The van der Waals surface area contributed by atoms with Crippen LogP contribution in [0.5, 0.6) is 0 Å². The van der Waals surface area contributed by atoms with E-state index >= 15 is 0 Å². The van der Waals surface area contributed by atoms with Crippen molar-refractivity contribution in [3.63, 3.8) is 0 Å². The molecule has 5 nitrogen and oxygen atoms in total. The van der Waals surface area contributed by atoms with Crippen LogP contribution in [0.3, 0.4) is 0 Å². The standard InChI is InChI=1S/C10H21NO4/c1-2-3-4-11-5-8(13)10(15)9(14)7(11)6-12/h7-10,12-15H,2-6H2,1H3/t7?,8?,9-,10-/m0/s1. The van der Waals surface area contributed by atoms with E-state index < -0.39 is 24.4 Å². The molecule has 1 aliphatic heterocycles. The summed E-state index contributed by atoms with van der Waals surface area (Å²) in [5.74, 6) is 0. The van der Waals surface area contributed by atoms with E-state index in [9.17, 15) is 15.3 Å². The number of nitrogens with zero attached hydrogens (tertiary/aromatic N) is 1. The van der Waals surface area contributed by atoms with Gasteiger partial charge in [-0.1, -0.05) is 13.3 Å². The Kier molecular flexibility index (Phi) is 4.95. The molecule has 1 saturated heterocycles. The van der Waals surface area contributed by atoms with E-state index in [1.54, 1.807) is 0 Å². The summed E-state index contributed by atoms with van der Waals surface area (Å²) in [6.45, 7) is 2.89. The van der Waals surface area contributed by atoms with Crippen molar-refractivity contribution in [1.29, 1.82) is 0 Å². The molecule has 0 spiro atoms. The SMILES string of the molecule is CCCCN1CC(O)[C@H](O)[C@@H](O)C1CO. The number of hydrogen-bond donors (Lipinski definition) is 4. The Balaban J connectivity index is 2.60. The highest BCUT2D eigenvalue weighted by atomic mass is 16.4. The minimum atomic E-state index is -1.15. The molecular weight excluding hydrogens is 198 g/mol. The molecule has 0 aromatic carbocycles. The van der Waals surface area contributed by atoms with Gasteiger partial charge in [-0.3, -0.25) is 4.90 Å². The van der Waals surface area contributed by atoms with Gasteiger partial charge >= 0.3 is 0 Å². The summed E-state index contributed by atoms with van der Waals surface area (Å²) in [7, 11) is 0. The fourth-order valence-electron chi connectivity index (χ4n) is 2.00. The van der Waals surface area contributed by atoms with Crippen LogP contribution in [0.4, 0.5) is 0 Å². The molecule has 1 rings (SSSR count). The van der Waals surface area contributed by atoms with Gasteiger partial charge in [-0.05, 0) is 13.0 Å². The number of aliphatic hydroxyl groups is 4. The maximum absolute atomic E-state index is 9.67. The van der Waals surface area contributed by atoms with Gasteiger partial charge in [0.05, 0.1) is 18.8 Å². The van der Waals surface area contributed by atoms with Gasteiger partial charge < -0.3 is 20.4 Å². The Morgan fingerprint density at radius 1 is 1.20 bits per heavy atom. The van der Waals surface area contributed by atoms with Crippen molar-refractivity contribution in [2.75, 3.05) is 19.7 Å². The second-order valence-corrected chi connectivity index (χ2v) is 4.15. The van der Waals surface area contributed by atoms with Crippen LogP contribution in [0.1, 0.15) is 19.8 Å². The topological polar surface area (TPSA) is 84.2 Å². The first-order chi connectivity index (χ1) is 7.11. The fourth-order valence-corrected chi connectivity index (χ4v) is 2.00. The Labute approximate surface area is 90.0 Å². The molecule has 1 fully saturated rings. The smallest absolute Gasteiger partial charge is 0.109 e. The number of rotatable bonds is 4. The first kappa shape index (κ1) is 12.9. The average molecular weight is 219 g/mol. The zero-order chi connectivity index (χ0) is 11.4. The Morgan fingerprint density at radius 2 is 1.87 bits per heavy atom. The average Bonchev–Trinajstić information content (AvgIpc) is 2.23. The van der Waals surface area contributed by atoms with Gasteiger partial charge in [0, 0.05) is 6.54 Å². The van der Waals surface area contributed by atoms with E-state index in [1.165, 1.54) is 0 Å². The number of unbranched alkanes of at least 4 members (excludes halogenated alkanes) is 1. The molecule has 5 heteroatoms. The third-order valence-corrected chi connectivity index (χ3v) is 3.01. The molecule has 0 aromatic rings. The van der Waals surface area contributed by atoms with Crippen LogP contribution in [-0.2, 0) is 0 Å². The number of hydrogen-bond acceptors (Lipinski definition) is 5. The molecule has 0 bridgehead atoms. The second-order valence-electron chi connectivity index (χ2n) is 4.15. The van der Waals surface area contributed by atoms with Crippen molar-refractivity contribution in [3.05, 3.63) is 0 Å². The molecule has 0 amide bonds. The molecule has 1 heterocycles. The van der Waals surface area contributed by atoms with Crippen LogP contribution in [0.25, 0.3) is 0 Å². The van der Waals surface area contributed by atoms with Crippen molar-refractivity contribution >= 4 is 0 Å². The highest BCUT2D eigenvalue weighted by molar-refractivity contribution is 4.93. The fraction of sp³-hybridized carbons (Fsp3) is 1.00. The lowest BCUT2D eigenvalue weighted by molar-refractivity contribution is -0.145. The van der Waals surface area contributed by atoms with Crippen molar-refractivity contribution in [2.24, 2.45) is 0 Å². The maximum atomic E-state index is 9.67. The molecule has 1 aliphatic rings. The predicted molar refractivity (Wildman–Crippen MR) is 55.4 cm³/mol. The van der Waals surface area contributed by atoms with Gasteiger partial charge in [-0.2, -0.15) is 0 Å². The quantitative estimate of drug-likeness (QED) is 0.465. The first-order valence-electron chi connectivity index (χ1n) is 5.51. The molecule has 0 aliphatic carbocycles. The first-order valence-corrected chi connectivity index (χ1v) is 5.51. The second kappa shape index (κ2) is 5.77. The van der Waals surface area contributed by atoms with Crippen LogP contribution < -0.4 is 0 Å². The van der Waals surface area contributed by atoms with Crippen LogP contribution >= 0.6 is 0 Å². The Morgan fingerprint density at radius 3 is 2.40 bits per heavy atom. The summed E-state index contributed by atoms with van der Waals surface area (Å²) in [6, 6.07) is -0.463. The molecule has 4 atom stereocenters. The van der Waals surface area contributed by atoms with Gasteiger partial charge in [0.1, 0.15) is 12.2 Å². The summed E-state index contributed by atoms with van der Waals surface area (Å²) >= 11 is 0. The maximum Gasteiger partial charge on any atom is 0.109 e. The van der Waals surface area contributed by atoms with Gasteiger partial charge in [0.15, 0.2) is 0 Å². The number of piperidine rings is 1. The number of β-amino-alcohol motifs (C(OH)–C–C–N with tert-alkyl or cyclic N) is 1. The van der Waals surface area contributed by atoms with E-state index in [0.29, 0.717) is 6.54 Å². The Hall–Kier alpha value is -0.200. The zero-order valence-corrected chi connectivity index (χ0v) is 9.08. The molecule has 15 heavy (non-hydrogen) atoms. The summed E-state index contributed by atoms with van der Waals surface area (Å²) in [6.07, 6.45) is -1.19. The van der Waals surface area contributed by atoms with Crippen molar-refractivity contribution in [2.45, 2.75) is 44.1 Å². The molecule has 0 aromatic heterocycles. The lowest BCUT2D eigenvalue weighted by Crippen LogP contribution is -2.62. The molecular formula is C10H21NO4. The molecule has 4 N–H and O–H groups in total. The number of aliphatic hydroxyl groups excluding tert-OH is 4. The van der Waals surface area contributed by atoms with Gasteiger partial charge in [0.2, 0.25) is 0 Å². The van der Waals surface area contributed by atoms with Crippen LogP contribution in [0, 0.1) is 0 Å². The van der Waals surface area contributed by atoms with Gasteiger partial charge in [-0.15, -0.1) is 0 Å². The van der Waals surface area contributed by atoms with E-state index in [0.717, 1.165) is 19.4 Å². The minimum absolute atomic E-state index is 0.200. The van der Waals surface area contributed by atoms with Crippen molar-refractivity contribution in [1.82, 2.24) is 4.90 Å². The highest BCUT2D eigenvalue weighted by Gasteiger charge is 2.40. The minimum Gasteiger partial charge on any atom is -0.395 e. The lowest BCUT2D eigenvalue weighted by atomic mass is 9.94. The summed E-state index contributed by atoms with van der Waals surface area (Å²) in [5.41, 5.74) is 0. The summed E-state index contributed by atoms with van der Waals surface area (Å²) in [5, 5.41) is 37.8. The monoisotopic (exact) mass is 219 g/mol. The van der Waals surface area contributed by atoms with Crippen LogP contribution in [0.2, 0.25) is 0 Å². The van der Waals surface area contributed by atoms with Crippen LogP contribution in [0.15, 0.2) is 0 Å². The predicted octanol–water partition coefficient (Wildman–Crippen LogP) is -1.45. The molecule has 2 unspecified atom stereocenters. The van der Waals surface area contributed by atoms with E-state index in [1.807, 2.05) is 4.90 Å². The van der Waals surface area contributed by atoms with E-state index in [-0.39, 0.29) is 6.61 Å². The van der Waals surface area contributed by atoms with Gasteiger partial charge in [0.25, 0.3) is 0 Å². The van der Waals surface area contributed by atoms with Gasteiger partial charge in [-0.25, -0.2) is 0 Å². The normalized spacial score (nSPS) is 38.2. The summed E-state index contributed by atoms with van der Waals surface area (Å²) in [4.78, 5) is 1.84. The molecule has 0 saturated carbocycles. The van der Waals surface area contributed by atoms with E-state index in [2.05, 4.69) is 6.92 Å². The largest absolute Gasteiger partial charge is 0.395 e. The lowest BCUT2D eigenvalue weighted by Gasteiger charge is -2.43. The molecule has 90 valence electrons. The highest BCUT2D eigenvalue weighted by Crippen LogP contribution is 2.19. The van der Waals surface area contributed by atoms with Crippen LogP contribution in [-0.4, -0.2) is 69.4 Å². The third kappa shape index (κ3) is 2.89. The number of likely N-dealkylation sites (tertiary alicyclic amines) is 1. The summed E-state index contributed by atoms with van der Waals surface area (Å²) < 4.78 is 0. The van der Waals surface area contributed by atoms with Crippen molar-refractivity contribution in [3.8, 4) is 0 Å². The molecule has 0 radical (unpaired) electrons. The van der Waals surface area contributed by atoms with E-state index in [4.69, 9.17) is 5.11 Å². The van der Waals surface area contributed by atoms with Crippen molar-refractivity contribution < 1.29 is 20.4 Å². The Bertz CT molecular complexity index is 190.